The summed E-state index contributed by atoms with van der Waals surface area (Å²) in [5.74, 6) is -0.0393. The van der Waals surface area contributed by atoms with E-state index in [1.807, 2.05) is 26.0 Å². The maximum atomic E-state index is 12.9. The average Bonchev–Trinajstić information content (AvgIpc) is 2.79. The lowest BCUT2D eigenvalue weighted by atomic mass is 10.2. The van der Waals surface area contributed by atoms with Crippen LogP contribution in [0.5, 0.6) is 0 Å². The Kier molecular flexibility index (Phi) is 4.53. The summed E-state index contributed by atoms with van der Waals surface area (Å²) >= 11 is 0. The molecule has 2 aromatic carbocycles. The Balaban J connectivity index is 2.13. The number of amides is 1. The first-order valence-electron chi connectivity index (χ1n) is 9.96. The zero-order chi connectivity index (χ0) is 20.0. The van der Waals surface area contributed by atoms with E-state index >= 15 is 0 Å². The van der Waals surface area contributed by atoms with E-state index in [-0.39, 0.29) is 5.91 Å². The van der Waals surface area contributed by atoms with Crippen LogP contribution in [-0.4, -0.2) is 40.4 Å². The summed E-state index contributed by atoms with van der Waals surface area (Å²) < 4.78 is 11.0. The van der Waals surface area contributed by atoms with Crippen LogP contribution in [0.3, 0.4) is 0 Å². The summed E-state index contributed by atoms with van der Waals surface area (Å²) in [4.78, 5) is 14.7. The standard InChI is InChI=1S/C21H30N2OSi2/c1-7-22(8-2)21(24)17-12-11-13-18(16-17)23-25(3,4)19-14-9-10-15-20(19)26(23,5)6/h9-16H,7-8H2,1-6H3/i12D. The van der Waals surface area contributed by atoms with Crippen LogP contribution in [-0.2, 0) is 0 Å². The third-order valence-electron chi connectivity index (χ3n) is 5.69. The Hall–Kier alpha value is -1.86. The number of anilines is 1. The van der Waals surface area contributed by atoms with Crippen LogP contribution >= 0.6 is 0 Å². The van der Waals surface area contributed by atoms with E-state index in [9.17, 15) is 4.79 Å². The maximum Gasteiger partial charge on any atom is 0.253 e. The molecule has 1 heterocycles. The van der Waals surface area contributed by atoms with Crippen molar-refractivity contribution >= 4 is 38.4 Å². The molecule has 5 heteroatoms. The van der Waals surface area contributed by atoms with Crippen molar-refractivity contribution in [3.63, 3.8) is 0 Å². The van der Waals surface area contributed by atoms with Gasteiger partial charge in [-0.05, 0) is 68.6 Å². The lowest BCUT2D eigenvalue weighted by Crippen LogP contribution is -2.60. The van der Waals surface area contributed by atoms with Gasteiger partial charge in [0.1, 0.15) is 0 Å². The molecule has 0 saturated heterocycles. The van der Waals surface area contributed by atoms with Crippen LogP contribution in [0.15, 0.2) is 48.5 Å². The molecule has 3 rings (SSSR count). The second-order valence-corrected chi connectivity index (χ2v) is 16.6. The first-order chi connectivity index (χ1) is 12.7. The Morgan fingerprint density at radius 1 is 1.00 bits per heavy atom. The molecule has 1 aliphatic heterocycles. The SMILES string of the molecule is [2H]c1ccc(N2[Si](C)(C)c3ccccc3[Si]2(C)C)cc1C(=O)N(CC)CC. The molecule has 2 aromatic rings. The molecular weight excluding hydrogens is 352 g/mol. The van der Waals surface area contributed by atoms with Crippen LogP contribution in [0, 0.1) is 0 Å². The van der Waals surface area contributed by atoms with Crippen LogP contribution in [0.25, 0.3) is 0 Å². The van der Waals surface area contributed by atoms with E-state index in [2.05, 4.69) is 54.7 Å². The van der Waals surface area contributed by atoms with Gasteiger partial charge in [-0.15, -0.1) is 0 Å². The van der Waals surface area contributed by atoms with Crippen molar-refractivity contribution in [1.29, 1.82) is 0 Å². The second-order valence-electron chi connectivity index (χ2n) is 7.94. The fourth-order valence-electron chi connectivity index (χ4n) is 4.53. The molecule has 26 heavy (non-hydrogen) atoms. The summed E-state index contributed by atoms with van der Waals surface area (Å²) in [5.41, 5.74) is 1.62. The third-order valence-corrected chi connectivity index (χ3v) is 15.6. The van der Waals surface area contributed by atoms with E-state index in [4.69, 9.17) is 1.37 Å². The molecule has 0 N–H and O–H groups in total. The van der Waals surface area contributed by atoms with Gasteiger partial charge in [0.15, 0.2) is 16.5 Å². The van der Waals surface area contributed by atoms with Gasteiger partial charge in [0, 0.05) is 24.3 Å². The van der Waals surface area contributed by atoms with Gasteiger partial charge in [-0.25, -0.2) is 0 Å². The van der Waals surface area contributed by atoms with Gasteiger partial charge in [-0.3, -0.25) is 4.79 Å². The van der Waals surface area contributed by atoms with Crippen LogP contribution < -0.4 is 14.6 Å². The lowest BCUT2D eigenvalue weighted by molar-refractivity contribution is 0.0773. The van der Waals surface area contributed by atoms with Crippen molar-refractivity contribution in [2.24, 2.45) is 0 Å². The van der Waals surface area contributed by atoms with E-state index in [0.717, 1.165) is 5.69 Å². The number of carbonyl (C=O) groups is 1. The van der Waals surface area contributed by atoms with Crippen molar-refractivity contribution in [1.82, 2.24) is 4.90 Å². The predicted octanol–water partition coefficient (Wildman–Crippen LogP) is 3.51. The molecule has 1 aliphatic rings. The Morgan fingerprint density at radius 2 is 1.54 bits per heavy atom. The van der Waals surface area contributed by atoms with E-state index in [0.29, 0.717) is 24.7 Å². The zero-order valence-corrected chi connectivity index (χ0v) is 18.8. The van der Waals surface area contributed by atoms with E-state index < -0.39 is 16.5 Å². The highest BCUT2D eigenvalue weighted by Gasteiger charge is 2.51. The summed E-state index contributed by atoms with van der Waals surface area (Å²) in [5, 5.41) is 3.02. The molecule has 0 spiro atoms. The molecule has 0 saturated carbocycles. The van der Waals surface area contributed by atoms with Gasteiger partial charge in [-0.2, -0.15) is 0 Å². The second kappa shape index (κ2) is 6.70. The monoisotopic (exact) mass is 383 g/mol. The number of benzene rings is 2. The number of carbonyl (C=O) groups excluding carboxylic acids is 1. The van der Waals surface area contributed by atoms with Gasteiger partial charge >= 0.3 is 0 Å². The van der Waals surface area contributed by atoms with Crippen molar-refractivity contribution < 1.29 is 6.17 Å². The molecule has 0 fully saturated rings. The molecule has 138 valence electrons. The summed E-state index contributed by atoms with van der Waals surface area (Å²) in [6.07, 6.45) is 0. The molecule has 0 atom stereocenters. The Labute approximate surface area is 161 Å². The molecule has 0 bridgehead atoms. The van der Waals surface area contributed by atoms with E-state index in [1.54, 1.807) is 11.0 Å². The van der Waals surface area contributed by atoms with Gasteiger partial charge in [-0.1, -0.05) is 30.3 Å². The van der Waals surface area contributed by atoms with Gasteiger partial charge in [0.05, 0.1) is 1.37 Å². The highest BCUT2D eigenvalue weighted by molar-refractivity contribution is 7.18. The molecule has 0 unspecified atom stereocenters. The summed E-state index contributed by atoms with van der Waals surface area (Å²) in [7, 11) is -3.75. The smallest absolute Gasteiger partial charge is 0.253 e. The molecular formula is C21H30N2OSi2. The number of hydrogen-bond donors (Lipinski definition) is 0. The van der Waals surface area contributed by atoms with Crippen molar-refractivity contribution in [3.05, 3.63) is 54.1 Å². The average molecular weight is 384 g/mol. The minimum Gasteiger partial charge on any atom is -0.417 e. The lowest BCUT2D eigenvalue weighted by Gasteiger charge is -2.42. The number of hydrogen-bond acceptors (Lipinski definition) is 2. The predicted molar refractivity (Wildman–Crippen MR) is 117 cm³/mol. The first-order valence-corrected chi connectivity index (χ1v) is 15.4. The maximum absolute atomic E-state index is 12.9. The summed E-state index contributed by atoms with van der Waals surface area (Å²) in [6.45, 7) is 14.9. The highest BCUT2D eigenvalue weighted by Crippen LogP contribution is 2.32. The molecule has 3 nitrogen and oxygen atoms in total. The van der Waals surface area contributed by atoms with Crippen LogP contribution in [0.1, 0.15) is 25.6 Å². The fourth-order valence-corrected chi connectivity index (χ4v) is 17.2. The molecule has 0 aliphatic carbocycles. The third kappa shape index (κ3) is 2.83. The van der Waals surface area contributed by atoms with Crippen LogP contribution in [0.2, 0.25) is 26.2 Å². The van der Waals surface area contributed by atoms with Gasteiger partial charge in [0.25, 0.3) is 5.91 Å². The number of fused-ring (bicyclic) bond motifs is 1. The topological polar surface area (TPSA) is 23.6 Å². The number of nitrogens with zero attached hydrogens (tertiary/aromatic N) is 2. The van der Waals surface area contributed by atoms with Gasteiger partial charge < -0.3 is 9.13 Å². The fraction of sp³-hybridized carbons (Fsp3) is 0.381. The highest BCUT2D eigenvalue weighted by atomic mass is 28.4. The normalized spacial score (nSPS) is 17.6. The molecule has 0 radical (unpaired) electrons. The first kappa shape index (κ1) is 17.6. The minimum atomic E-state index is -1.88. The Bertz CT molecular complexity index is 843. The van der Waals surface area contributed by atoms with Crippen molar-refractivity contribution in [3.8, 4) is 0 Å². The van der Waals surface area contributed by atoms with Gasteiger partial charge in [0.2, 0.25) is 0 Å². The summed E-state index contributed by atoms with van der Waals surface area (Å²) in [6, 6.07) is 15.0. The minimum absolute atomic E-state index is 0.0393. The molecule has 0 aromatic heterocycles. The van der Waals surface area contributed by atoms with Crippen molar-refractivity contribution in [2.45, 2.75) is 40.0 Å². The quantitative estimate of drug-likeness (QED) is 0.754. The zero-order valence-electron chi connectivity index (χ0n) is 17.8. The molecule has 1 amide bonds. The number of rotatable bonds is 4. The van der Waals surface area contributed by atoms with Crippen LogP contribution in [0.4, 0.5) is 5.69 Å². The van der Waals surface area contributed by atoms with Crippen molar-refractivity contribution in [2.75, 3.05) is 17.3 Å². The van der Waals surface area contributed by atoms with E-state index in [1.165, 1.54) is 10.4 Å². The Morgan fingerprint density at radius 3 is 2.04 bits per heavy atom. The largest absolute Gasteiger partial charge is 0.417 e.